The van der Waals surface area contributed by atoms with Crippen molar-refractivity contribution in [1.82, 2.24) is 14.9 Å². The lowest BCUT2D eigenvalue weighted by Gasteiger charge is -2.36. The molecule has 0 amide bonds. The van der Waals surface area contributed by atoms with Crippen LogP contribution in [0.1, 0.15) is 12.8 Å². The van der Waals surface area contributed by atoms with Gasteiger partial charge < -0.3 is 19.9 Å². The molecule has 0 saturated carbocycles. The molecule has 0 atom stereocenters. The molecule has 0 spiro atoms. The van der Waals surface area contributed by atoms with Crippen LogP contribution in [0, 0.1) is 0 Å². The highest BCUT2D eigenvalue weighted by molar-refractivity contribution is 5.68. The quantitative estimate of drug-likeness (QED) is 0.911. The normalized spacial score (nSPS) is 15.6. The van der Waals surface area contributed by atoms with Crippen molar-refractivity contribution < 1.29 is 4.74 Å². The number of rotatable bonds is 5. The number of piperidine rings is 1. The van der Waals surface area contributed by atoms with E-state index in [0.29, 0.717) is 12.0 Å². The Hall–Kier alpha value is -2.34. The van der Waals surface area contributed by atoms with Gasteiger partial charge >= 0.3 is 0 Å². The lowest BCUT2D eigenvalue weighted by molar-refractivity contribution is 0.249. The monoisotopic (exact) mass is 327 g/mol. The van der Waals surface area contributed by atoms with Gasteiger partial charge in [0.1, 0.15) is 5.75 Å². The zero-order chi connectivity index (χ0) is 16.9. The lowest BCUT2D eigenvalue weighted by Crippen LogP contribution is -2.41. The summed E-state index contributed by atoms with van der Waals surface area (Å²) in [5, 5.41) is 3.20. The van der Waals surface area contributed by atoms with E-state index in [4.69, 9.17) is 4.74 Å². The van der Waals surface area contributed by atoms with Gasteiger partial charge in [0.05, 0.1) is 12.8 Å². The summed E-state index contributed by atoms with van der Waals surface area (Å²) in [4.78, 5) is 13.1. The van der Waals surface area contributed by atoms with Crippen molar-refractivity contribution in [2.75, 3.05) is 44.5 Å². The van der Waals surface area contributed by atoms with E-state index in [-0.39, 0.29) is 0 Å². The molecule has 1 saturated heterocycles. The zero-order valence-electron chi connectivity index (χ0n) is 14.6. The molecule has 24 heavy (non-hydrogen) atoms. The van der Waals surface area contributed by atoms with E-state index in [2.05, 4.69) is 51.3 Å². The van der Waals surface area contributed by atoms with Crippen molar-refractivity contribution in [3.05, 3.63) is 36.7 Å². The number of hydrogen-bond donors (Lipinski definition) is 1. The average molecular weight is 327 g/mol. The van der Waals surface area contributed by atoms with Crippen LogP contribution in [-0.2, 0) is 0 Å². The van der Waals surface area contributed by atoms with Gasteiger partial charge in [-0.05, 0) is 45.1 Å². The highest BCUT2D eigenvalue weighted by atomic mass is 16.5. The minimum atomic E-state index is 0.565. The molecule has 6 nitrogen and oxygen atoms in total. The number of hydrogen-bond acceptors (Lipinski definition) is 6. The highest BCUT2D eigenvalue weighted by Gasteiger charge is 2.21. The van der Waals surface area contributed by atoms with Crippen molar-refractivity contribution in [1.29, 1.82) is 0 Å². The van der Waals surface area contributed by atoms with Crippen LogP contribution in [0.15, 0.2) is 36.7 Å². The predicted molar refractivity (Wildman–Crippen MR) is 97.2 cm³/mol. The van der Waals surface area contributed by atoms with E-state index >= 15 is 0 Å². The third kappa shape index (κ3) is 3.76. The Kier molecular flexibility index (Phi) is 5.15. The molecular weight excluding hydrogens is 302 g/mol. The molecule has 1 fully saturated rings. The molecule has 0 bridgehead atoms. The van der Waals surface area contributed by atoms with Crippen LogP contribution in [-0.4, -0.2) is 55.2 Å². The van der Waals surface area contributed by atoms with E-state index in [0.717, 1.165) is 24.5 Å². The second-order valence-corrected chi connectivity index (χ2v) is 6.26. The minimum absolute atomic E-state index is 0.565. The Balaban J connectivity index is 1.72. The number of nitrogens with zero attached hydrogens (tertiary/aromatic N) is 4. The molecule has 1 aromatic carbocycles. The van der Waals surface area contributed by atoms with Gasteiger partial charge in [-0.15, -0.1) is 0 Å². The molecule has 3 rings (SSSR count). The van der Waals surface area contributed by atoms with E-state index in [1.54, 1.807) is 25.6 Å². The van der Waals surface area contributed by atoms with Crippen LogP contribution in [0.25, 0.3) is 0 Å². The summed E-state index contributed by atoms with van der Waals surface area (Å²) >= 11 is 0. The van der Waals surface area contributed by atoms with Gasteiger partial charge in [0.15, 0.2) is 0 Å². The zero-order valence-corrected chi connectivity index (χ0v) is 14.6. The maximum atomic E-state index is 5.56. The number of methoxy groups -OCH3 is 1. The fraction of sp³-hybridized carbons (Fsp3) is 0.444. The van der Waals surface area contributed by atoms with Crippen LogP contribution in [0.2, 0.25) is 0 Å². The summed E-state index contributed by atoms with van der Waals surface area (Å²) in [6.45, 7) is 2.14. The molecule has 0 unspecified atom stereocenters. The first-order chi connectivity index (χ1) is 11.7. The average Bonchev–Trinajstić information content (AvgIpc) is 2.63. The Morgan fingerprint density at radius 3 is 2.50 bits per heavy atom. The summed E-state index contributed by atoms with van der Waals surface area (Å²) in [5.74, 6) is 1.37. The van der Waals surface area contributed by atoms with E-state index in [1.807, 2.05) is 6.07 Å². The number of ether oxygens (including phenoxy) is 1. The Morgan fingerprint density at radius 2 is 1.88 bits per heavy atom. The van der Waals surface area contributed by atoms with Crippen molar-refractivity contribution in [3.8, 4) is 5.75 Å². The first-order valence-electron chi connectivity index (χ1n) is 8.31. The molecule has 1 N–H and O–H groups in total. The fourth-order valence-corrected chi connectivity index (χ4v) is 3.10. The number of aromatic nitrogens is 2. The van der Waals surface area contributed by atoms with Gasteiger partial charge in [-0.25, -0.2) is 9.97 Å². The van der Waals surface area contributed by atoms with Gasteiger partial charge in [-0.2, -0.15) is 0 Å². The standard InChI is InChI=1S/C18H25N5O/c1-22(2)14-7-11-23(12-8-14)15-5-6-16(17(13-15)24-3)21-18-19-9-4-10-20-18/h4-6,9-10,13-14H,7-8,11-12H2,1-3H3,(H,19,20,21). The molecule has 1 aliphatic heterocycles. The van der Waals surface area contributed by atoms with Crippen LogP contribution in [0.5, 0.6) is 5.75 Å². The first kappa shape index (κ1) is 16.5. The van der Waals surface area contributed by atoms with Crippen LogP contribution in [0.4, 0.5) is 17.3 Å². The SMILES string of the molecule is COc1cc(N2CCC(N(C)C)CC2)ccc1Nc1ncccn1. The second kappa shape index (κ2) is 7.49. The fourth-order valence-electron chi connectivity index (χ4n) is 3.10. The molecule has 128 valence electrons. The number of nitrogens with one attached hydrogen (secondary N) is 1. The lowest BCUT2D eigenvalue weighted by atomic mass is 10.0. The van der Waals surface area contributed by atoms with Crippen LogP contribution < -0.4 is 15.0 Å². The summed E-state index contributed by atoms with van der Waals surface area (Å²) < 4.78 is 5.56. The number of benzene rings is 1. The minimum Gasteiger partial charge on any atom is -0.494 e. The predicted octanol–water partition coefficient (Wildman–Crippen LogP) is 2.76. The van der Waals surface area contributed by atoms with Gasteiger partial charge in [-0.3, -0.25) is 0 Å². The van der Waals surface area contributed by atoms with Crippen molar-refractivity contribution in [2.45, 2.75) is 18.9 Å². The van der Waals surface area contributed by atoms with Crippen molar-refractivity contribution >= 4 is 17.3 Å². The number of anilines is 3. The highest BCUT2D eigenvalue weighted by Crippen LogP contribution is 2.32. The third-order valence-corrected chi connectivity index (χ3v) is 4.56. The van der Waals surface area contributed by atoms with Gasteiger partial charge in [0.2, 0.25) is 5.95 Å². The topological polar surface area (TPSA) is 53.5 Å². The Labute approximate surface area is 143 Å². The molecule has 1 aromatic heterocycles. The maximum absolute atomic E-state index is 5.56. The smallest absolute Gasteiger partial charge is 0.227 e. The molecule has 1 aliphatic rings. The molecule has 2 aromatic rings. The largest absolute Gasteiger partial charge is 0.494 e. The molecule has 2 heterocycles. The summed E-state index contributed by atoms with van der Waals surface area (Å²) in [7, 11) is 6.01. The van der Waals surface area contributed by atoms with Gasteiger partial charge in [0, 0.05) is 43.3 Å². The summed E-state index contributed by atoms with van der Waals surface area (Å²) in [6.07, 6.45) is 5.80. The van der Waals surface area contributed by atoms with Crippen molar-refractivity contribution in [3.63, 3.8) is 0 Å². The first-order valence-corrected chi connectivity index (χ1v) is 8.31. The van der Waals surface area contributed by atoms with Crippen LogP contribution in [0.3, 0.4) is 0 Å². The Morgan fingerprint density at radius 1 is 1.17 bits per heavy atom. The summed E-state index contributed by atoms with van der Waals surface area (Å²) in [6, 6.07) is 8.72. The van der Waals surface area contributed by atoms with Gasteiger partial charge in [0.25, 0.3) is 0 Å². The molecule has 6 heteroatoms. The van der Waals surface area contributed by atoms with Gasteiger partial charge in [-0.1, -0.05) is 0 Å². The van der Waals surface area contributed by atoms with Crippen molar-refractivity contribution in [2.24, 2.45) is 0 Å². The second-order valence-electron chi connectivity index (χ2n) is 6.26. The molecular formula is C18H25N5O. The molecule has 0 radical (unpaired) electrons. The van der Waals surface area contributed by atoms with E-state index < -0.39 is 0 Å². The Bertz CT molecular complexity index is 654. The maximum Gasteiger partial charge on any atom is 0.227 e. The van der Waals surface area contributed by atoms with E-state index in [9.17, 15) is 0 Å². The van der Waals surface area contributed by atoms with E-state index in [1.165, 1.54) is 18.5 Å². The third-order valence-electron chi connectivity index (χ3n) is 4.56. The molecule has 0 aliphatic carbocycles. The summed E-state index contributed by atoms with van der Waals surface area (Å²) in [5.41, 5.74) is 2.07. The van der Waals surface area contributed by atoms with Crippen LogP contribution >= 0.6 is 0 Å².